The van der Waals surface area contributed by atoms with Gasteiger partial charge in [-0.2, -0.15) is 0 Å². The SMILES string of the molecule is CN(C)c1ccc(C(=O)N(CCN)C2CCCC2)cc1. The van der Waals surface area contributed by atoms with Crippen molar-refractivity contribution in [2.45, 2.75) is 31.7 Å². The van der Waals surface area contributed by atoms with Gasteiger partial charge in [-0.3, -0.25) is 4.79 Å². The van der Waals surface area contributed by atoms with E-state index in [-0.39, 0.29) is 5.91 Å². The molecule has 2 N–H and O–H groups in total. The Labute approximate surface area is 121 Å². The van der Waals surface area contributed by atoms with Crippen molar-refractivity contribution >= 4 is 11.6 Å². The van der Waals surface area contributed by atoms with E-state index in [1.807, 2.05) is 48.2 Å². The molecule has 0 aliphatic heterocycles. The van der Waals surface area contributed by atoms with E-state index in [9.17, 15) is 4.79 Å². The molecule has 4 heteroatoms. The summed E-state index contributed by atoms with van der Waals surface area (Å²) in [5.74, 6) is 0.118. The molecule has 1 amide bonds. The van der Waals surface area contributed by atoms with E-state index in [2.05, 4.69) is 0 Å². The van der Waals surface area contributed by atoms with Gasteiger partial charge in [0.2, 0.25) is 0 Å². The smallest absolute Gasteiger partial charge is 0.254 e. The van der Waals surface area contributed by atoms with Crippen LogP contribution in [0.2, 0.25) is 0 Å². The average Bonchev–Trinajstić information content (AvgIpc) is 2.98. The second-order valence-electron chi connectivity index (χ2n) is 5.67. The fourth-order valence-electron chi connectivity index (χ4n) is 2.87. The number of benzene rings is 1. The minimum atomic E-state index is 0.118. The molecule has 0 heterocycles. The lowest BCUT2D eigenvalue weighted by atomic mass is 10.1. The van der Waals surface area contributed by atoms with Crippen LogP contribution >= 0.6 is 0 Å². The van der Waals surface area contributed by atoms with Gasteiger partial charge in [0, 0.05) is 44.5 Å². The molecule has 2 rings (SSSR count). The van der Waals surface area contributed by atoms with Crippen LogP contribution in [-0.4, -0.2) is 44.0 Å². The van der Waals surface area contributed by atoms with Crippen LogP contribution in [0.4, 0.5) is 5.69 Å². The van der Waals surface area contributed by atoms with Gasteiger partial charge in [0.1, 0.15) is 0 Å². The lowest BCUT2D eigenvalue weighted by Gasteiger charge is -2.28. The van der Waals surface area contributed by atoms with E-state index in [4.69, 9.17) is 5.73 Å². The van der Waals surface area contributed by atoms with E-state index < -0.39 is 0 Å². The van der Waals surface area contributed by atoms with Crippen LogP contribution in [0.25, 0.3) is 0 Å². The van der Waals surface area contributed by atoms with Crippen molar-refractivity contribution in [1.29, 1.82) is 0 Å². The van der Waals surface area contributed by atoms with Gasteiger partial charge in [0.15, 0.2) is 0 Å². The van der Waals surface area contributed by atoms with Crippen molar-refractivity contribution < 1.29 is 4.79 Å². The maximum Gasteiger partial charge on any atom is 0.254 e. The molecule has 1 fully saturated rings. The molecular formula is C16H25N3O. The molecule has 0 bridgehead atoms. The first-order valence-electron chi connectivity index (χ1n) is 7.42. The molecule has 0 aromatic heterocycles. The maximum atomic E-state index is 12.7. The average molecular weight is 275 g/mol. The van der Waals surface area contributed by atoms with Gasteiger partial charge in [-0.25, -0.2) is 0 Å². The third-order valence-corrected chi connectivity index (χ3v) is 4.03. The molecule has 0 radical (unpaired) electrons. The molecule has 110 valence electrons. The third-order valence-electron chi connectivity index (χ3n) is 4.03. The molecule has 1 aromatic rings. The Morgan fingerprint density at radius 3 is 2.30 bits per heavy atom. The normalized spacial score (nSPS) is 15.3. The highest BCUT2D eigenvalue weighted by Gasteiger charge is 2.26. The first-order valence-corrected chi connectivity index (χ1v) is 7.42. The number of hydrogen-bond donors (Lipinski definition) is 1. The molecule has 0 atom stereocenters. The van der Waals surface area contributed by atoms with Crippen LogP contribution in [0.5, 0.6) is 0 Å². The summed E-state index contributed by atoms with van der Waals surface area (Å²) in [5, 5.41) is 0. The number of anilines is 1. The Morgan fingerprint density at radius 1 is 1.20 bits per heavy atom. The standard InChI is InChI=1S/C16H25N3O/c1-18(2)14-9-7-13(8-10-14)16(20)19(12-11-17)15-5-3-4-6-15/h7-10,15H,3-6,11-12,17H2,1-2H3. The first-order chi connectivity index (χ1) is 9.63. The lowest BCUT2D eigenvalue weighted by molar-refractivity contribution is 0.0688. The van der Waals surface area contributed by atoms with E-state index in [1.54, 1.807) is 0 Å². The van der Waals surface area contributed by atoms with Gasteiger partial charge >= 0.3 is 0 Å². The van der Waals surface area contributed by atoms with Gasteiger partial charge < -0.3 is 15.5 Å². The Hall–Kier alpha value is -1.55. The Bertz CT molecular complexity index is 436. The largest absolute Gasteiger partial charge is 0.378 e. The molecule has 20 heavy (non-hydrogen) atoms. The Kier molecular flexibility index (Phi) is 5.01. The number of carbonyl (C=O) groups is 1. The summed E-state index contributed by atoms with van der Waals surface area (Å²) in [6, 6.07) is 8.18. The number of hydrogen-bond acceptors (Lipinski definition) is 3. The van der Waals surface area contributed by atoms with Crippen LogP contribution in [0.1, 0.15) is 36.0 Å². The summed E-state index contributed by atoms with van der Waals surface area (Å²) in [7, 11) is 3.99. The van der Waals surface area contributed by atoms with Crippen LogP contribution in [0.3, 0.4) is 0 Å². The van der Waals surface area contributed by atoms with Gasteiger partial charge in [-0.1, -0.05) is 12.8 Å². The van der Waals surface area contributed by atoms with Crippen molar-refractivity contribution in [2.24, 2.45) is 5.73 Å². The van der Waals surface area contributed by atoms with Crippen molar-refractivity contribution in [1.82, 2.24) is 4.90 Å². The molecule has 1 aromatic carbocycles. The lowest BCUT2D eigenvalue weighted by Crippen LogP contribution is -2.41. The second-order valence-corrected chi connectivity index (χ2v) is 5.67. The maximum absolute atomic E-state index is 12.7. The van der Waals surface area contributed by atoms with Gasteiger partial charge in [-0.15, -0.1) is 0 Å². The summed E-state index contributed by atoms with van der Waals surface area (Å²) in [6.45, 7) is 1.18. The monoisotopic (exact) mass is 275 g/mol. The topological polar surface area (TPSA) is 49.6 Å². The number of rotatable bonds is 5. The molecule has 1 aliphatic carbocycles. The fraction of sp³-hybridized carbons (Fsp3) is 0.562. The van der Waals surface area contributed by atoms with Crippen LogP contribution in [0, 0.1) is 0 Å². The third kappa shape index (κ3) is 3.31. The number of carbonyl (C=O) groups excluding carboxylic acids is 1. The van der Waals surface area contributed by atoms with Gasteiger partial charge in [-0.05, 0) is 37.1 Å². The highest BCUT2D eigenvalue weighted by Crippen LogP contribution is 2.25. The van der Waals surface area contributed by atoms with Crippen molar-refractivity contribution in [3.8, 4) is 0 Å². The minimum Gasteiger partial charge on any atom is -0.378 e. The zero-order chi connectivity index (χ0) is 14.5. The van der Waals surface area contributed by atoms with E-state index >= 15 is 0 Å². The summed E-state index contributed by atoms with van der Waals surface area (Å²) in [6.07, 6.45) is 4.67. The molecule has 0 saturated heterocycles. The quantitative estimate of drug-likeness (QED) is 0.895. The summed E-state index contributed by atoms with van der Waals surface area (Å²) in [5.41, 5.74) is 7.54. The molecule has 0 unspecified atom stereocenters. The van der Waals surface area contributed by atoms with Crippen molar-refractivity contribution in [2.75, 3.05) is 32.1 Å². The predicted molar refractivity (Wildman–Crippen MR) is 83.1 cm³/mol. The van der Waals surface area contributed by atoms with Crippen molar-refractivity contribution in [3.63, 3.8) is 0 Å². The number of amides is 1. The highest BCUT2D eigenvalue weighted by molar-refractivity contribution is 5.94. The van der Waals surface area contributed by atoms with E-state index in [0.717, 1.165) is 24.1 Å². The zero-order valence-corrected chi connectivity index (χ0v) is 12.5. The first kappa shape index (κ1) is 14.9. The summed E-state index contributed by atoms with van der Waals surface area (Å²) >= 11 is 0. The predicted octanol–water partition coefficient (Wildman–Crippen LogP) is 2.10. The summed E-state index contributed by atoms with van der Waals surface area (Å²) < 4.78 is 0. The second kappa shape index (κ2) is 6.75. The van der Waals surface area contributed by atoms with Crippen molar-refractivity contribution in [3.05, 3.63) is 29.8 Å². The van der Waals surface area contributed by atoms with E-state index in [0.29, 0.717) is 19.1 Å². The molecule has 0 spiro atoms. The van der Waals surface area contributed by atoms with Gasteiger partial charge in [0.05, 0.1) is 0 Å². The van der Waals surface area contributed by atoms with Crippen LogP contribution < -0.4 is 10.6 Å². The molecule has 1 saturated carbocycles. The highest BCUT2D eigenvalue weighted by atomic mass is 16.2. The van der Waals surface area contributed by atoms with Crippen LogP contribution in [0.15, 0.2) is 24.3 Å². The van der Waals surface area contributed by atoms with Crippen LogP contribution in [-0.2, 0) is 0 Å². The molecule has 4 nitrogen and oxygen atoms in total. The fourth-order valence-corrected chi connectivity index (χ4v) is 2.87. The molecule has 1 aliphatic rings. The molecular weight excluding hydrogens is 250 g/mol. The van der Waals surface area contributed by atoms with E-state index in [1.165, 1.54) is 12.8 Å². The number of nitrogens with zero attached hydrogens (tertiary/aromatic N) is 2. The summed E-state index contributed by atoms with van der Waals surface area (Å²) in [4.78, 5) is 16.7. The van der Waals surface area contributed by atoms with Gasteiger partial charge in [0.25, 0.3) is 5.91 Å². The Morgan fingerprint density at radius 2 is 1.80 bits per heavy atom. The number of nitrogens with two attached hydrogens (primary N) is 1. The zero-order valence-electron chi connectivity index (χ0n) is 12.5. The Balaban J connectivity index is 2.13. The minimum absolute atomic E-state index is 0.118.